The second kappa shape index (κ2) is 9.32. The van der Waals surface area contributed by atoms with Gasteiger partial charge in [0, 0.05) is 31.0 Å². The summed E-state index contributed by atoms with van der Waals surface area (Å²) in [5.74, 6) is 3.25. The van der Waals surface area contributed by atoms with E-state index in [1.165, 1.54) is 12.8 Å². The number of methoxy groups -OCH3 is 1. The summed E-state index contributed by atoms with van der Waals surface area (Å²) in [6.45, 7) is 6.66. The Labute approximate surface area is 199 Å². The summed E-state index contributed by atoms with van der Waals surface area (Å²) in [4.78, 5) is 15.0. The summed E-state index contributed by atoms with van der Waals surface area (Å²) < 4.78 is 13.1. The van der Waals surface area contributed by atoms with Gasteiger partial charge in [0.2, 0.25) is 5.91 Å². The third-order valence-electron chi connectivity index (χ3n) is 6.44. The van der Waals surface area contributed by atoms with Crippen LogP contribution in [-0.4, -0.2) is 52.7 Å². The van der Waals surface area contributed by atoms with Crippen molar-refractivity contribution in [2.75, 3.05) is 37.0 Å². The molecule has 5 rings (SSSR count). The number of carbonyl (C=O) groups is 1. The zero-order valence-corrected chi connectivity index (χ0v) is 19.9. The van der Waals surface area contributed by atoms with Crippen molar-refractivity contribution >= 4 is 17.5 Å². The van der Waals surface area contributed by atoms with Gasteiger partial charge < -0.3 is 19.7 Å². The molecule has 0 bridgehead atoms. The summed E-state index contributed by atoms with van der Waals surface area (Å²) in [7, 11) is 1.63. The van der Waals surface area contributed by atoms with Gasteiger partial charge in [-0.25, -0.2) is 0 Å². The van der Waals surface area contributed by atoms with E-state index in [0.717, 1.165) is 42.1 Å². The maximum absolute atomic E-state index is 12.7. The molecule has 1 aromatic carbocycles. The molecule has 0 saturated carbocycles. The summed E-state index contributed by atoms with van der Waals surface area (Å²) in [6, 6.07) is 9.75. The Morgan fingerprint density at radius 3 is 2.56 bits per heavy atom. The molecule has 0 aliphatic carbocycles. The molecule has 9 heteroatoms. The molecule has 178 valence electrons. The highest BCUT2D eigenvalue weighted by molar-refractivity contribution is 5.95. The summed E-state index contributed by atoms with van der Waals surface area (Å²) in [5, 5.41) is 16.6. The number of amides is 1. The molecule has 4 heterocycles. The van der Waals surface area contributed by atoms with Gasteiger partial charge in [0.25, 0.3) is 0 Å². The van der Waals surface area contributed by atoms with Crippen LogP contribution in [-0.2, 0) is 4.79 Å². The van der Waals surface area contributed by atoms with Crippen LogP contribution < -0.4 is 19.7 Å². The molecule has 0 unspecified atom stereocenters. The first-order valence-corrected chi connectivity index (χ1v) is 11.9. The molecular formula is C25H30N6O3. The van der Waals surface area contributed by atoms with Crippen LogP contribution in [0.15, 0.2) is 30.3 Å². The number of carbonyl (C=O) groups excluding carboxylic acids is 1. The largest absolute Gasteiger partial charge is 0.493 e. The second-order valence-corrected chi connectivity index (χ2v) is 8.77. The Morgan fingerprint density at radius 2 is 1.85 bits per heavy atom. The topological polar surface area (TPSA) is 94.4 Å². The van der Waals surface area contributed by atoms with E-state index in [1.54, 1.807) is 11.8 Å². The minimum atomic E-state index is -0.150. The van der Waals surface area contributed by atoms with Gasteiger partial charge >= 0.3 is 0 Å². The van der Waals surface area contributed by atoms with Gasteiger partial charge in [0.1, 0.15) is 5.82 Å². The number of rotatable bonds is 7. The van der Waals surface area contributed by atoms with Gasteiger partial charge in [-0.15, -0.1) is 10.2 Å². The van der Waals surface area contributed by atoms with Gasteiger partial charge in [0.15, 0.2) is 23.1 Å². The van der Waals surface area contributed by atoms with Crippen LogP contribution in [0.25, 0.3) is 5.82 Å². The van der Waals surface area contributed by atoms with Crippen LogP contribution in [0.5, 0.6) is 11.5 Å². The van der Waals surface area contributed by atoms with E-state index < -0.39 is 0 Å². The van der Waals surface area contributed by atoms with Gasteiger partial charge in [-0.05, 0) is 56.0 Å². The van der Waals surface area contributed by atoms with Crippen LogP contribution in [0.2, 0.25) is 0 Å². The maximum atomic E-state index is 12.7. The minimum Gasteiger partial charge on any atom is -0.493 e. The molecule has 0 radical (unpaired) electrons. The lowest BCUT2D eigenvalue weighted by atomic mass is 9.85. The average Bonchev–Trinajstić information content (AvgIpc) is 3.51. The van der Waals surface area contributed by atoms with Crippen molar-refractivity contribution in [1.29, 1.82) is 0 Å². The zero-order valence-electron chi connectivity index (χ0n) is 19.9. The van der Waals surface area contributed by atoms with Gasteiger partial charge in [0.05, 0.1) is 19.4 Å². The fraction of sp³-hybridized carbons (Fsp3) is 0.440. The smallest absolute Gasteiger partial charge is 0.226 e. The fourth-order valence-electron chi connectivity index (χ4n) is 4.78. The summed E-state index contributed by atoms with van der Waals surface area (Å²) >= 11 is 0. The van der Waals surface area contributed by atoms with Crippen LogP contribution in [0.1, 0.15) is 55.3 Å². The van der Waals surface area contributed by atoms with Gasteiger partial charge in [-0.3, -0.25) is 4.79 Å². The standard InChI is InChI=1S/C25H30N6O3/c1-4-13-34-19-8-7-17(14-20(19)33-3)18-15-23(32)26-25-24(18)16(2)29-31(25)22-10-9-21(27-28-22)30-11-5-6-12-30/h7-10,14,18H,4-6,11-13,15H2,1-3H3,(H,26,32)/t18-/m0/s1. The molecule has 1 fully saturated rings. The molecule has 1 N–H and O–H groups in total. The Balaban J connectivity index is 1.50. The summed E-state index contributed by atoms with van der Waals surface area (Å²) in [6.07, 6.45) is 3.60. The van der Waals surface area contributed by atoms with Crippen LogP contribution in [0.3, 0.4) is 0 Å². The van der Waals surface area contributed by atoms with E-state index in [4.69, 9.17) is 14.6 Å². The van der Waals surface area contributed by atoms with Crippen molar-refractivity contribution in [2.24, 2.45) is 0 Å². The van der Waals surface area contributed by atoms with Gasteiger partial charge in [-0.1, -0.05) is 13.0 Å². The number of benzene rings is 1. The number of hydrogen-bond acceptors (Lipinski definition) is 7. The average molecular weight is 463 g/mol. The molecule has 34 heavy (non-hydrogen) atoms. The molecule has 1 atom stereocenters. The first kappa shape index (κ1) is 22.2. The van der Waals surface area contributed by atoms with E-state index in [1.807, 2.05) is 37.3 Å². The number of nitrogens with one attached hydrogen (secondary N) is 1. The number of aryl methyl sites for hydroxylation is 1. The zero-order chi connectivity index (χ0) is 23.7. The molecule has 1 amide bonds. The highest BCUT2D eigenvalue weighted by Crippen LogP contribution is 2.42. The first-order chi connectivity index (χ1) is 16.6. The Bertz CT molecular complexity index is 1180. The SMILES string of the molecule is CCCOc1ccc([C@@H]2CC(=O)Nc3c2c(C)nn3-c2ccc(N3CCCC3)nn2)cc1OC. The van der Waals surface area contributed by atoms with Crippen LogP contribution >= 0.6 is 0 Å². The fourth-order valence-corrected chi connectivity index (χ4v) is 4.78. The lowest BCUT2D eigenvalue weighted by Gasteiger charge is -2.25. The first-order valence-electron chi connectivity index (χ1n) is 11.9. The number of fused-ring (bicyclic) bond motifs is 1. The molecule has 3 aromatic rings. The normalized spacial score (nSPS) is 17.4. The lowest BCUT2D eigenvalue weighted by Crippen LogP contribution is -2.25. The minimum absolute atomic E-state index is 0.0643. The van der Waals surface area contributed by atoms with E-state index in [9.17, 15) is 4.79 Å². The molecule has 2 aliphatic rings. The number of aromatic nitrogens is 4. The van der Waals surface area contributed by atoms with Crippen LogP contribution in [0.4, 0.5) is 11.6 Å². The molecular weight excluding hydrogens is 432 g/mol. The predicted octanol–water partition coefficient (Wildman–Crippen LogP) is 3.84. The number of anilines is 2. The lowest BCUT2D eigenvalue weighted by molar-refractivity contribution is -0.116. The summed E-state index contributed by atoms with van der Waals surface area (Å²) in [5.41, 5.74) is 2.81. The third kappa shape index (κ3) is 4.06. The monoisotopic (exact) mass is 462 g/mol. The van der Waals surface area contributed by atoms with E-state index in [0.29, 0.717) is 36.2 Å². The van der Waals surface area contributed by atoms with Gasteiger partial charge in [-0.2, -0.15) is 9.78 Å². The Morgan fingerprint density at radius 1 is 1.09 bits per heavy atom. The molecule has 2 aromatic heterocycles. The van der Waals surface area contributed by atoms with Crippen molar-refractivity contribution in [3.05, 3.63) is 47.2 Å². The van der Waals surface area contributed by atoms with Crippen molar-refractivity contribution < 1.29 is 14.3 Å². The third-order valence-corrected chi connectivity index (χ3v) is 6.44. The van der Waals surface area contributed by atoms with Crippen LogP contribution in [0, 0.1) is 6.92 Å². The van der Waals surface area contributed by atoms with E-state index >= 15 is 0 Å². The van der Waals surface area contributed by atoms with E-state index in [2.05, 4.69) is 27.3 Å². The Hall–Kier alpha value is -3.62. The van der Waals surface area contributed by atoms with Crippen molar-refractivity contribution in [1.82, 2.24) is 20.0 Å². The molecule has 2 aliphatic heterocycles. The molecule has 1 saturated heterocycles. The number of nitrogens with zero attached hydrogens (tertiary/aromatic N) is 5. The van der Waals surface area contributed by atoms with Crippen molar-refractivity contribution in [3.63, 3.8) is 0 Å². The molecule has 0 spiro atoms. The van der Waals surface area contributed by atoms with E-state index in [-0.39, 0.29) is 11.8 Å². The molecule has 9 nitrogen and oxygen atoms in total. The number of hydrogen-bond donors (Lipinski definition) is 1. The highest BCUT2D eigenvalue weighted by Gasteiger charge is 2.33. The quantitative estimate of drug-likeness (QED) is 0.570. The van der Waals surface area contributed by atoms with Crippen molar-refractivity contribution in [2.45, 2.75) is 45.4 Å². The Kier molecular flexibility index (Phi) is 6.08. The number of ether oxygens (including phenoxy) is 2. The second-order valence-electron chi connectivity index (χ2n) is 8.77. The highest BCUT2D eigenvalue weighted by atomic mass is 16.5. The maximum Gasteiger partial charge on any atom is 0.226 e. The predicted molar refractivity (Wildman–Crippen MR) is 129 cm³/mol. The van der Waals surface area contributed by atoms with Crippen molar-refractivity contribution in [3.8, 4) is 17.3 Å².